The molecular formula is C21H27N5O5S. The second-order valence-electron chi connectivity index (χ2n) is 8.50. The summed E-state index contributed by atoms with van der Waals surface area (Å²) >= 11 is 0. The number of anilines is 3. The number of nitrogens with one attached hydrogen (secondary N) is 2. The fraction of sp³-hybridized carbons (Fsp3) is 0.381. The first kappa shape index (κ1) is 23.5. The second kappa shape index (κ2) is 8.75. The largest absolute Gasteiger partial charge is 0.459 e. The third kappa shape index (κ3) is 5.95. The molecule has 0 fully saturated rings. The van der Waals surface area contributed by atoms with Crippen molar-refractivity contribution >= 4 is 44.1 Å². The summed E-state index contributed by atoms with van der Waals surface area (Å²) in [5, 5.41) is 21.7. The number of ether oxygens (including phenoxy) is 1. The molecule has 11 heteroatoms. The molecule has 3 rings (SSSR count). The van der Waals surface area contributed by atoms with Crippen LogP contribution >= 0.6 is 0 Å². The molecule has 0 amide bonds. The lowest BCUT2D eigenvalue weighted by Crippen LogP contribution is -2.26. The number of aromatic nitrogens is 3. The minimum absolute atomic E-state index is 0.0794. The predicted octanol–water partition coefficient (Wildman–Crippen LogP) is 2.94. The van der Waals surface area contributed by atoms with Crippen molar-refractivity contribution in [3.05, 3.63) is 42.2 Å². The maximum Gasteiger partial charge on any atom is 0.326 e. The summed E-state index contributed by atoms with van der Waals surface area (Å²) in [7, 11) is -3.60. The molecule has 10 nitrogen and oxygen atoms in total. The summed E-state index contributed by atoms with van der Waals surface area (Å²) in [6.45, 7) is 6.87. The highest BCUT2D eigenvalue weighted by molar-refractivity contribution is 7.92. The maximum atomic E-state index is 12.5. The van der Waals surface area contributed by atoms with Gasteiger partial charge in [-0.1, -0.05) is 0 Å². The third-order valence-corrected chi connectivity index (χ3v) is 4.94. The SMILES string of the molecule is CC(O)c1cn(CC(=O)OC(C)(C)C)c2cc(Nc3cccnn3)c(NS(C)(=O)=O)cc12. The quantitative estimate of drug-likeness (QED) is 0.457. The molecule has 3 N–H and O–H groups in total. The Hall–Kier alpha value is -3.18. The molecule has 0 aliphatic rings. The van der Waals surface area contributed by atoms with E-state index < -0.39 is 27.7 Å². The standard InChI is InChI=1S/C21H27N5O5S/c1-13(27)15-11-26(12-20(28)31-21(2,3)4)18-10-16(23-19-7-6-8-22-24-19)17(9-14(15)18)25-32(5,29)30/h6-11,13,25,27H,12H2,1-5H3,(H,23,24). The van der Waals surface area contributed by atoms with E-state index in [-0.39, 0.29) is 12.2 Å². The Morgan fingerprint density at radius 2 is 2.00 bits per heavy atom. The molecule has 172 valence electrons. The van der Waals surface area contributed by atoms with Crippen LogP contribution in [0.5, 0.6) is 0 Å². The lowest BCUT2D eigenvalue weighted by atomic mass is 10.1. The summed E-state index contributed by atoms with van der Waals surface area (Å²) in [6.07, 6.45) is 3.38. The zero-order chi connectivity index (χ0) is 23.7. The molecule has 0 bridgehead atoms. The molecule has 1 aromatic carbocycles. The molecule has 2 heterocycles. The lowest BCUT2D eigenvalue weighted by Gasteiger charge is -2.20. The number of rotatable bonds is 7. The van der Waals surface area contributed by atoms with Crippen molar-refractivity contribution in [1.82, 2.24) is 14.8 Å². The molecule has 0 radical (unpaired) electrons. The average molecular weight is 462 g/mol. The second-order valence-corrected chi connectivity index (χ2v) is 10.2. The molecule has 0 aliphatic heterocycles. The van der Waals surface area contributed by atoms with E-state index in [9.17, 15) is 18.3 Å². The number of aliphatic hydroxyl groups excluding tert-OH is 1. The Morgan fingerprint density at radius 1 is 1.28 bits per heavy atom. The van der Waals surface area contributed by atoms with Crippen LogP contribution in [0.25, 0.3) is 10.9 Å². The van der Waals surface area contributed by atoms with Crippen LogP contribution in [0, 0.1) is 0 Å². The van der Waals surface area contributed by atoms with Crippen molar-refractivity contribution in [3.63, 3.8) is 0 Å². The van der Waals surface area contributed by atoms with E-state index in [1.165, 1.54) is 6.20 Å². The summed E-state index contributed by atoms with van der Waals surface area (Å²) in [6, 6.07) is 6.67. The Bertz CT molecular complexity index is 1230. The first-order valence-corrected chi connectivity index (χ1v) is 11.8. The zero-order valence-electron chi connectivity index (χ0n) is 18.6. The highest BCUT2D eigenvalue weighted by Crippen LogP contribution is 2.35. The fourth-order valence-electron chi connectivity index (χ4n) is 3.23. The van der Waals surface area contributed by atoms with E-state index in [0.29, 0.717) is 28.0 Å². The molecule has 1 unspecified atom stereocenters. The molecule has 1 atom stereocenters. The topological polar surface area (TPSA) is 135 Å². The number of carbonyl (C=O) groups is 1. The van der Waals surface area contributed by atoms with Crippen LogP contribution < -0.4 is 10.0 Å². The Kier molecular flexibility index (Phi) is 6.42. The van der Waals surface area contributed by atoms with Gasteiger partial charge in [0.15, 0.2) is 5.82 Å². The van der Waals surface area contributed by atoms with Crippen LogP contribution in [-0.2, 0) is 26.1 Å². The Balaban J connectivity index is 2.15. The molecule has 3 aromatic rings. The van der Waals surface area contributed by atoms with Crippen molar-refractivity contribution in [1.29, 1.82) is 0 Å². The van der Waals surface area contributed by atoms with Crippen LogP contribution in [-0.4, -0.2) is 46.1 Å². The highest BCUT2D eigenvalue weighted by Gasteiger charge is 2.21. The summed E-state index contributed by atoms with van der Waals surface area (Å²) < 4.78 is 33.5. The van der Waals surface area contributed by atoms with Gasteiger partial charge in [-0.15, -0.1) is 5.10 Å². The molecule has 0 saturated heterocycles. The molecule has 0 saturated carbocycles. The number of hydrogen-bond donors (Lipinski definition) is 3. The number of benzene rings is 1. The number of esters is 1. The lowest BCUT2D eigenvalue weighted by molar-refractivity contribution is -0.155. The van der Waals surface area contributed by atoms with E-state index in [4.69, 9.17) is 4.74 Å². The monoisotopic (exact) mass is 461 g/mol. The number of carbonyl (C=O) groups excluding carboxylic acids is 1. The number of aliphatic hydroxyl groups is 1. The maximum absolute atomic E-state index is 12.5. The molecular weight excluding hydrogens is 434 g/mol. The van der Waals surface area contributed by atoms with Gasteiger partial charge in [0.2, 0.25) is 10.0 Å². The van der Waals surface area contributed by atoms with Crippen molar-refractivity contribution in [2.75, 3.05) is 16.3 Å². The fourth-order valence-corrected chi connectivity index (χ4v) is 3.80. The van der Waals surface area contributed by atoms with E-state index in [0.717, 1.165) is 6.26 Å². The highest BCUT2D eigenvalue weighted by atomic mass is 32.2. The van der Waals surface area contributed by atoms with Gasteiger partial charge in [0.05, 0.1) is 29.3 Å². The minimum atomic E-state index is -3.60. The van der Waals surface area contributed by atoms with E-state index in [2.05, 4.69) is 20.2 Å². The van der Waals surface area contributed by atoms with Crippen LogP contribution in [0.1, 0.15) is 39.4 Å². The Morgan fingerprint density at radius 3 is 2.56 bits per heavy atom. The Labute approximate surface area is 186 Å². The van der Waals surface area contributed by atoms with Crippen LogP contribution in [0.2, 0.25) is 0 Å². The smallest absolute Gasteiger partial charge is 0.326 e. The van der Waals surface area contributed by atoms with E-state index >= 15 is 0 Å². The minimum Gasteiger partial charge on any atom is -0.459 e. The van der Waals surface area contributed by atoms with Gasteiger partial charge in [-0.25, -0.2) is 8.42 Å². The molecule has 0 aliphatic carbocycles. The van der Waals surface area contributed by atoms with Crippen molar-refractivity contribution in [2.45, 2.75) is 45.9 Å². The van der Waals surface area contributed by atoms with E-state index in [1.54, 1.807) is 62.7 Å². The number of fused-ring (bicyclic) bond motifs is 1. The summed E-state index contributed by atoms with van der Waals surface area (Å²) in [5.41, 5.74) is 1.19. The molecule has 0 spiro atoms. The number of hydrogen-bond acceptors (Lipinski definition) is 8. The zero-order valence-corrected chi connectivity index (χ0v) is 19.4. The number of sulfonamides is 1. The van der Waals surface area contributed by atoms with Crippen LogP contribution in [0.15, 0.2) is 36.7 Å². The van der Waals surface area contributed by atoms with Crippen molar-refractivity contribution < 1.29 is 23.1 Å². The summed E-state index contributed by atoms with van der Waals surface area (Å²) in [4.78, 5) is 12.5. The molecule has 32 heavy (non-hydrogen) atoms. The van der Waals surface area contributed by atoms with Gasteiger partial charge in [-0.2, -0.15) is 5.10 Å². The van der Waals surface area contributed by atoms with Gasteiger partial charge < -0.3 is 19.7 Å². The van der Waals surface area contributed by atoms with Crippen LogP contribution in [0.3, 0.4) is 0 Å². The predicted molar refractivity (Wildman–Crippen MR) is 122 cm³/mol. The van der Waals surface area contributed by atoms with Gasteiger partial charge in [0.1, 0.15) is 12.1 Å². The van der Waals surface area contributed by atoms with E-state index in [1.807, 2.05) is 0 Å². The normalized spacial score (nSPS) is 13.1. The van der Waals surface area contributed by atoms with Gasteiger partial charge in [0, 0.05) is 23.3 Å². The van der Waals surface area contributed by atoms with Gasteiger partial charge >= 0.3 is 5.97 Å². The van der Waals surface area contributed by atoms with Gasteiger partial charge in [-0.05, 0) is 52.0 Å². The van der Waals surface area contributed by atoms with Gasteiger partial charge in [-0.3, -0.25) is 9.52 Å². The third-order valence-electron chi connectivity index (χ3n) is 4.35. The van der Waals surface area contributed by atoms with Crippen LogP contribution in [0.4, 0.5) is 17.2 Å². The first-order chi connectivity index (χ1) is 14.8. The first-order valence-electron chi connectivity index (χ1n) is 9.91. The summed E-state index contributed by atoms with van der Waals surface area (Å²) in [5.74, 6) is -0.0299. The van der Waals surface area contributed by atoms with Crippen molar-refractivity contribution in [2.24, 2.45) is 0 Å². The molecule has 2 aromatic heterocycles. The number of nitrogens with zero attached hydrogens (tertiary/aromatic N) is 3. The van der Waals surface area contributed by atoms with Crippen molar-refractivity contribution in [3.8, 4) is 0 Å². The van der Waals surface area contributed by atoms with Gasteiger partial charge in [0.25, 0.3) is 0 Å². The average Bonchev–Trinajstić information content (AvgIpc) is 2.97.